The van der Waals surface area contributed by atoms with Gasteiger partial charge in [-0.05, 0) is 71.5 Å². The number of halogens is 7. The van der Waals surface area contributed by atoms with Crippen molar-refractivity contribution in [1.29, 1.82) is 0 Å². The SMILES string of the molecule is C.COC(=O)c1c(Cl)cc2c(c1Cl)CCN(Cc1cccc(Cl)c1)C2=O.COC(=O)c1c(Cl)cc2c(c1Cl)CCNC2=O.Clc1cccc(CBr)c1. The summed E-state index contributed by atoms with van der Waals surface area (Å²) in [7, 11) is 2.51. The van der Waals surface area contributed by atoms with E-state index in [2.05, 4.69) is 26.0 Å². The second-order valence-electron chi connectivity index (χ2n) is 11.0. The van der Waals surface area contributed by atoms with E-state index in [-0.39, 0.29) is 50.5 Å². The summed E-state index contributed by atoms with van der Waals surface area (Å²) in [6.45, 7) is 1.42. The topological polar surface area (TPSA) is 102 Å². The molecule has 2 amide bonds. The molecule has 4 aromatic carbocycles. The maximum absolute atomic E-state index is 12.8. The zero-order valence-corrected chi connectivity index (χ0v) is 33.2. The van der Waals surface area contributed by atoms with E-state index in [1.165, 1.54) is 31.9 Å². The van der Waals surface area contributed by atoms with Gasteiger partial charge in [-0.1, -0.05) is 117 Å². The Morgan fingerprint density at radius 1 is 0.750 bits per heavy atom. The molecular formula is C37H33BrCl6N2O6. The molecule has 6 rings (SSSR count). The van der Waals surface area contributed by atoms with Gasteiger partial charge in [-0.15, -0.1) is 0 Å². The number of ether oxygens (including phenoxy) is 2. The van der Waals surface area contributed by atoms with Crippen molar-refractivity contribution < 1.29 is 28.7 Å². The largest absolute Gasteiger partial charge is 0.465 e. The minimum Gasteiger partial charge on any atom is -0.465 e. The van der Waals surface area contributed by atoms with Crippen LogP contribution < -0.4 is 5.32 Å². The lowest BCUT2D eigenvalue weighted by Crippen LogP contribution is -2.37. The number of nitrogens with one attached hydrogen (secondary N) is 1. The van der Waals surface area contributed by atoms with Gasteiger partial charge in [0.05, 0.1) is 45.4 Å². The first-order valence-electron chi connectivity index (χ1n) is 15.1. The number of benzene rings is 4. The van der Waals surface area contributed by atoms with Gasteiger partial charge in [-0.25, -0.2) is 9.59 Å². The Balaban J connectivity index is 0.000000233. The average Bonchev–Trinajstić information content (AvgIpc) is 3.10. The predicted octanol–water partition coefficient (Wildman–Crippen LogP) is 10.6. The Hall–Kier alpha value is -3.02. The quantitative estimate of drug-likeness (QED) is 0.158. The van der Waals surface area contributed by atoms with Crippen LogP contribution in [0.25, 0.3) is 0 Å². The van der Waals surface area contributed by atoms with Crippen LogP contribution in [0, 0.1) is 0 Å². The molecule has 2 heterocycles. The zero-order chi connectivity index (χ0) is 37.4. The third-order valence-corrected chi connectivity index (χ3v) is 10.3. The molecule has 0 saturated heterocycles. The molecule has 8 nitrogen and oxygen atoms in total. The number of rotatable bonds is 5. The monoisotopic (exact) mass is 890 g/mol. The third-order valence-electron chi connectivity index (χ3n) is 7.78. The van der Waals surface area contributed by atoms with Crippen molar-refractivity contribution in [2.24, 2.45) is 0 Å². The second kappa shape index (κ2) is 19.9. The Bertz CT molecular complexity index is 1990. The van der Waals surface area contributed by atoms with Crippen LogP contribution in [0.1, 0.15) is 71.1 Å². The van der Waals surface area contributed by atoms with Gasteiger partial charge in [0.2, 0.25) is 0 Å². The third kappa shape index (κ3) is 10.3. The van der Waals surface area contributed by atoms with Gasteiger partial charge in [0.25, 0.3) is 11.8 Å². The number of amides is 2. The van der Waals surface area contributed by atoms with Crippen LogP contribution >= 0.6 is 85.5 Å². The number of methoxy groups -OCH3 is 2. The molecule has 0 aromatic heterocycles. The van der Waals surface area contributed by atoms with Crippen LogP contribution in [0.3, 0.4) is 0 Å². The maximum atomic E-state index is 12.8. The zero-order valence-electron chi connectivity index (χ0n) is 27.1. The lowest BCUT2D eigenvalue weighted by Gasteiger charge is -2.30. The van der Waals surface area contributed by atoms with Crippen LogP contribution in [0.4, 0.5) is 0 Å². The maximum Gasteiger partial charge on any atom is 0.340 e. The Morgan fingerprint density at radius 2 is 1.25 bits per heavy atom. The van der Waals surface area contributed by atoms with Gasteiger partial charge >= 0.3 is 11.9 Å². The van der Waals surface area contributed by atoms with Gasteiger partial charge in [0.15, 0.2) is 0 Å². The van der Waals surface area contributed by atoms with Gasteiger partial charge in [-0.3, -0.25) is 9.59 Å². The van der Waals surface area contributed by atoms with Crippen LogP contribution in [0.2, 0.25) is 30.1 Å². The lowest BCUT2D eigenvalue weighted by molar-refractivity contribution is 0.0591. The highest BCUT2D eigenvalue weighted by atomic mass is 79.9. The number of carbonyl (C=O) groups excluding carboxylic acids is 4. The summed E-state index contributed by atoms with van der Waals surface area (Å²) in [5, 5.41) is 5.59. The van der Waals surface area contributed by atoms with Crippen molar-refractivity contribution in [3.05, 3.63) is 135 Å². The first kappa shape index (κ1) is 43.4. The molecule has 2 aliphatic heterocycles. The lowest BCUT2D eigenvalue weighted by atomic mass is 9.95. The number of alkyl halides is 1. The van der Waals surface area contributed by atoms with Crippen molar-refractivity contribution in [3.63, 3.8) is 0 Å². The molecule has 52 heavy (non-hydrogen) atoms. The van der Waals surface area contributed by atoms with Gasteiger partial charge in [0, 0.05) is 46.1 Å². The number of nitrogens with zero attached hydrogens (tertiary/aromatic N) is 1. The van der Waals surface area contributed by atoms with Gasteiger partial charge in [0.1, 0.15) is 0 Å². The van der Waals surface area contributed by atoms with Crippen molar-refractivity contribution in [1.82, 2.24) is 10.2 Å². The van der Waals surface area contributed by atoms with E-state index in [1.54, 1.807) is 11.0 Å². The highest BCUT2D eigenvalue weighted by Gasteiger charge is 2.31. The first-order chi connectivity index (χ1) is 24.3. The molecule has 0 atom stereocenters. The van der Waals surface area contributed by atoms with Crippen LogP contribution in [0.15, 0.2) is 60.7 Å². The fourth-order valence-corrected chi connectivity index (χ4v) is 7.51. The minimum atomic E-state index is -0.619. The molecule has 0 bridgehead atoms. The first-order valence-corrected chi connectivity index (χ1v) is 18.5. The van der Waals surface area contributed by atoms with E-state index in [9.17, 15) is 19.2 Å². The van der Waals surface area contributed by atoms with Gasteiger partial charge < -0.3 is 19.7 Å². The number of carbonyl (C=O) groups is 4. The molecule has 0 saturated carbocycles. The van der Waals surface area contributed by atoms with Crippen molar-refractivity contribution in [2.75, 3.05) is 27.3 Å². The van der Waals surface area contributed by atoms with E-state index < -0.39 is 11.9 Å². The predicted molar refractivity (Wildman–Crippen MR) is 212 cm³/mol. The molecule has 0 unspecified atom stereocenters. The van der Waals surface area contributed by atoms with Crippen LogP contribution in [-0.2, 0) is 34.2 Å². The summed E-state index contributed by atoms with van der Waals surface area (Å²) in [5.41, 5.74) is 4.45. The number of hydrogen-bond acceptors (Lipinski definition) is 6. The fourth-order valence-electron chi connectivity index (χ4n) is 5.32. The Labute approximate surface area is 340 Å². The molecule has 276 valence electrons. The summed E-state index contributed by atoms with van der Waals surface area (Å²) < 4.78 is 9.32. The van der Waals surface area contributed by atoms with E-state index in [1.807, 2.05) is 42.5 Å². The summed E-state index contributed by atoms with van der Waals surface area (Å²) in [6, 6.07) is 18.1. The molecular weight excluding hydrogens is 861 g/mol. The van der Waals surface area contributed by atoms with Gasteiger partial charge in [-0.2, -0.15) is 0 Å². The smallest absolute Gasteiger partial charge is 0.340 e. The summed E-state index contributed by atoms with van der Waals surface area (Å²) in [6.07, 6.45) is 1.10. The van der Waals surface area contributed by atoms with Crippen LogP contribution in [0.5, 0.6) is 0 Å². The van der Waals surface area contributed by atoms with Crippen molar-refractivity contribution >= 4 is 109 Å². The summed E-state index contributed by atoms with van der Waals surface area (Å²) in [5.74, 6) is -1.63. The van der Waals surface area contributed by atoms with Crippen molar-refractivity contribution in [3.8, 4) is 0 Å². The fraction of sp³-hybridized carbons (Fsp3) is 0.243. The molecule has 1 N–H and O–H groups in total. The van der Waals surface area contributed by atoms with Crippen LogP contribution in [-0.4, -0.2) is 56.0 Å². The summed E-state index contributed by atoms with van der Waals surface area (Å²) >= 11 is 39.6. The molecule has 2 aliphatic rings. The van der Waals surface area contributed by atoms with E-state index >= 15 is 0 Å². The molecule has 0 spiro atoms. The molecule has 0 fully saturated rings. The molecule has 4 aromatic rings. The summed E-state index contributed by atoms with van der Waals surface area (Å²) in [4.78, 5) is 49.5. The number of esters is 2. The number of fused-ring (bicyclic) bond motifs is 2. The highest BCUT2D eigenvalue weighted by Crippen LogP contribution is 2.36. The van der Waals surface area contributed by atoms with Crippen molar-refractivity contribution in [2.45, 2.75) is 32.1 Å². The normalized spacial score (nSPS) is 12.8. The van der Waals surface area contributed by atoms with E-state index in [4.69, 9.17) is 74.3 Å². The molecule has 0 radical (unpaired) electrons. The Kier molecular flexibility index (Phi) is 16.6. The van der Waals surface area contributed by atoms with E-state index in [0.29, 0.717) is 59.8 Å². The highest BCUT2D eigenvalue weighted by molar-refractivity contribution is 9.08. The number of hydrogen-bond donors (Lipinski definition) is 1. The molecule has 0 aliphatic carbocycles. The standard InChI is InChI=1S/C18H14Cl3NO3.C11H9Cl2NO3.C7H6BrCl.CH4/c1-25-18(24)15-14(20)8-13-12(16(15)21)5-6-22(17(13)23)9-10-3-2-4-11(19)7-10;1-17-11(16)8-7(12)4-6-5(9(8)13)2-3-14-10(6)15;8-5-6-2-1-3-7(9)4-6;/h2-4,7-8H,5-6,9H2,1H3;4H,2-3H2,1H3,(H,14,15);1-4H,5H2;1H4. The average molecular weight is 894 g/mol. The van der Waals surface area contributed by atoms with E-state index in [0.717, 1.165) is 15.9 Å². The second-order valence-corrected chi connectivity index (χ2v) is 14.0. The Morgan fingerprint density at radius 3 is 1.75 bits per heavy atom. The minimum absolute atomic E-state index is 0. The molecule has 15 heteroatoms.